The molecule has 0 spiro atoms. The first-order valence-corrected chi connectivity index (χ1v) is 10.9. The van der Waals surface area contributed by atoms with Crippen LogP contribution in [0.1, 0.15) is 43.5 Å². The van der Waals surface area contributed by atoms with E-state index in [0.29, 0.717) is 28.4 Å². The first kappa shape index (κ1) is 21.3. The summed E-state index contributed by atoms with van der Waals surface area (Å²) in [5.74, 6) is 1.24. The second-order valence-electron chi connectivity index (χ2n) is 8.44. The summed E-state index contributed by atoms with van der Waals surface area (Å²) in [5.41, 5.74) is 0.580. The van der Waals surface area contributed by atoms with E-state index < -0.39 is 0 Å². The van der Waals surface area contributed by atoms with E-state index in [1.165, 1.54) is 6.42 Å². The fourth-order valence-electron chi connectivity index (χ4n) is 4.11. The van der Waals surface area contributed by atoms with Crippen LogP contribution in [-0.2, 0) is 0 Å². The topological polar surface area (TPSA) is 51.7 Å². The Kier molecular flexibility index (Phi) is 7.55. The van der Waals surface area contributed by atoms with E-state index in [1.54, 1.807) is 12.3 Å². The van der Waals surface area contributed by atoms with Crippen molar-refractivity contribution in [2.75, 3.05) is 58.2 Å². The molecule has 0 aliphatic carbocycles. The molecule has 7 heteroatoms. The number of pyridine rings is 1. The van der Waals surface area contributed by atoms with Crippen LogP contribution in [0, 0.1) is 5.92 Å². The molecule has 1 N–H and O–H groups in total. The van der Waals surface area contributed by atoms with E-state index in [0.717, 1.165) is 58.7 Å². The summed E-state index contributed by atoms with van der Waals surface area (Å²) in [6, 6.07) is 2.19. The summed E-state index contributed by atoms with van der Waals surface area (Å²) in [6.45, 7) is 11.4. The van der Waals surface area contributed by atoms with Crippen molar-refractivity contribution in [3.63, 3.8) is 0 Å². The SMILES string of the molecule is CC(C)C(CNc1ncc(C(=O)N2CCCCC2)cc1Cl)N1CCN(C)CC1. The van der Waals surface area contributed by atoms with Gasteiger partial charge in [-0.3, -0.25) is 9.69 Å². The predicted octanol–water partition coefficient (Wildman–Crippen LogP) is 3.05. The predicted molar refractivity (Wildman–Crippen MR) is 115 cm³/mol. The maximum absolute atomic E-state index is 12.6. The second kappa shape index (κ2) is 9.90. The van der Waals surface area contributed by atoms with Crippen LogP contribution in [0.3, 0.4) is 0 Å². The van der Waals surface area contributed by atoms with Crippen molar-refractivity contribution < 1.29 is 4.79 Å². The zero-order valence-electron chi connectivity index (χ0n) is 17.5. The lowest BCUT2D eigenvalue weighted by Crippen LogP contribution is -2.52. The molecule has 0 saturated carbocycles. The molecule has 2 aliphatic heterocycles. The van der Waals surface area contributed by atoms with Gasteiger partial charge in [-0.05, 0) is 38.3 Å². The number of hydrogen-bond acceptors (Lipinski definition) is 5. The fraction of sp³-hybridized carbons (Fsp3) is 0.714. The van der Waals surface area contributed by atoms with Crippen LogP contribution >= 0.6 is 11.6 Å². The number of likely N-dealkylation sites (tertiary alicyclic amines) is 1. The van der Waals surface area contributed by atoms with Crippen molar-refractivity contribution >= 4 is 23.3 Å². The molecule has 28 heavy (non-hydrogen) atoms. The Hall–Kier alpha value is -1.37. The van der Waals surface area contributed by atoms with Gasteiger partial charge in [0.2, 0.25) is 0 Å². The molecule has 156 valence electrons. The Balaban J connectivity index is 1.61. The highest BCUT2D eigenvalue weighted by Gasteiger charge is 2.25. The van der Waals surface area contributed by atoms with E-state index in [1.807, 2.05) is 4.90 Å². The molecule has 3 rings (SSSR count). The molecule has 6 nitrogen and oxygen atoms in total. The third-order valence-electron chi connectivity index (χ3n) is 5.99. The Labute approximate surface area is 174 Å². The maximum atomic E-state index is 12.6. The van der Waals surface area contributed by atoms with Gasteiger partial charge in [-0.15, -0.1) is 0 Å². The number of piperazine rings is 1. The third kappa shape index (κ3) is 5.37. The van der Waals surface area contributed by atoms with Crippen LogP contribution in [0.4, 0.5) is 5.82 Å². The average molecular weight is 408 g/mol. The van der Waals surface area contributed by atoms with Crippen molar-refractivity contribution in [3.8, 4) is 0 Å². The van der Waals surface area contributed by atoms with E-state index in [9.17, 15) is 4.79 Å². The molecule has 0 radical (unpaired) electrons. The molecule has 2 saturated heterocycles. The lowest BCUT2D eigenvalue weighted by molar-refractivity contribution is 0.0724. The molecule has 1 amide bonds. The van der Waals surface area contributed by atoms with Gasteiger partial charge in [0, 0.05) is 58.1 Å². The molecule has 2 aliphatic rings. The summed E-state index contributed by atoms with van der Waals surface area (Å²) in [7, 11) is 2.18. The van der Waals surface area contributed by atoms with Gasteiger partial charge >= 0.3 is 0 Å². The van der Waals surface area contributed by atoms with Gasteiger partial charge in [-0.1, -0.05) is 25.4 Å². The number of likely N-dealkylation sites (N-methyl/N-ethyl adjacent to an activating group) is 1. The summed E-state index contributed by atoms with van der Waals surface area (Å²) < 4.78 is 0. The highest BCUT2D eigenvalue weighted by atomic mass is 35.5. The number of anilines is 1. The lowest BCUT2D eigenvalue weighted by atomic mass is 10.0. The molecule has 3 heterocycles. The summed E-state index contributed by atoms with van der Waals surface area (Å²) in [6.07, 6.45) is 5.02. The number of hydrogen-bond donors (Lipinski definition) is 1. The molecule has 1 unspecified atom stereocenters. The minimum Gasteiger partial charge on any atom is -0.367 e. The van der Waals surface area contributed by atoms with Crippen molar-refractivity contribution in [3.05, 3.63) is 22.8 Å². The molecule has 1 atom stereocenters. The standard InChI is InChI=1S/C21H34ClN5O/c1-16(2)19(26-11-9-25(3)10-12-26)15-24-20-18(22)13-17(14-23-20)21(28)27-7-5-4-6-8-27/h13-14,16,19H,4-12,15H2,1-3H3,(H,23,24). The average Bonchev–Trinajstić information content (AvgIpc) is 2.70. The van der Waals surface area contributed by atoms with Gasteiger partial charge in [-0.25, -0.2) is 4.98 Å². The number of amides is 1. The highest BCUT2D eigenvalue weighted by molar-refractivity contribution is 6.33. The van der Waals surface area contributed by atoms with Gasteiger partial charge in [0.25, 0.3) is 5.91 Å². The van der Waals surface area contributed by atoms with Gasteiger partial charge in [0.05, 0.1) is 10.6 Å². The lowest BCUT2D eigenvalue weighted by Gasteiger charge is -2.40. The van der Waals surface area contributed by atoms with Crippen LogP contribution in [0.2, 0.25) is 5.02 Å². The molecule has 1 aromatic rings. The zero-order chi connectivity index (χ0) is 20.1. The van der Waals surface area contributed by atoms with E-state index in [4.69, 9.17) is 11.6 Å². The number of carbonyl (C=O) groups excluding carboxylic acids is 1. The highest BCUT2D eigenvalue weighted by Crippen LogP contribution is 2.23. The summed E-state index contributed by atoms with van der Waals surface area (Å²) >= 11 is 6.46. The van der Waals surface area contributed by atoms with Crippen molar-refractivity contribution in [2.24, 2.45) is 5.92 Å². The molecular formula is C21H34ClN5O. The summed E-state index contributed by atoms with van der Waals surface area (Å²) in [5, 5.41) is 3.94. The third-order valence-corrected chi connectivity index (χ3v) is 6.27. The van der Waals surface area contributed by atoms with Crippen LogP contribution in [-0.4, -0.2) is 84.5 Å². The Morgan fingerprint density at radius 2 is 1.82 bits per heavy atom. The number of aromatic nitrogens is 1. The summed E-state index contributed by atoms with van der Waals surface area (Å²) in [4.78, 5) is 24.0. The number of rotatable bonds is 6. The van der Waals surface area contributed by atoms with Crippen LogP contribution in [0.25, 0.3) is 0 Å². The van der Waals surface area contributed by atoms with Crippen molar-refractivity contribution in [2.45, 2.75) is 39.2 Å². The molecule has 0 aromatic carbocycles. The van der Waals surface area contributed by atoms with Crippen molar-refractivity contribution in [1.82, 2.24) is 19.7 Å². The Morgan fingerprint density at radius 1 is 1.14 bits per heavy atom. The van der Waals surface area contributed by atoms with Gasteiger partial charge < -0.3 is 15.1 Å². The van der Waals surface area contributed by atoms with E-state index in [2.05, 4.69) is 41.0 Å². The number of carbonyl (C=O) groups is 1. The first-order chi connectivity index (χ1) is 13.5. The fourth-order valence-corrected chi connectivity index (χ4v) is 4.34. The number of nitrogens with one attached hydrogen (secondary N) is 1. The largest absolute Gasteiger partial charge is 0.367 e. The number of halogens is 1. The van der Waals surface area contributed by atoms with E-state index >= 15 is 0 Å². The van der Waals surface area contributed by atoms with Crippen molar-refractivity contribution in [1.29, 1.82) is 0 Å². The van der Waals surface area contributed by atoms with Gasteiger partial charge in [0.1, 0.15) is 5.82 Å². The second-order valence-corrected chi connectivity index (χ2v) is 8.85. The molecule has 2 fully saturated rings. The number of piperidine rings is 1. The molecule has 0 bridgehead atoms. The maximum Gasteiger partial charge on any atom is 0.255 e. The Bertz CT molecular complexity index is 654. The van der Waals surface area contributed by atoms with Gasteiger partial charge in [-0.2, -0.15) is 0 Å². The Morgan fingerprint density at radius 3 is 2.43 bits per heavy atom. The minimum absolute atomic E-state index is 0.0399. The molecule has 1 aromatic heterocycles. The molecular weight excluding hydrogens is 374 g/mol. The number of nitrogens with zero attached hydrogens (tertiary/aromatic N) is 4. The normalized spacial score (nSPS) is 20.4. The zero-order valence-corrected chi connectivity index (χ0v) is 18.2. The minimum atomic E-state index is 0.0399. The van der Waals surface area contributed by atoms with Gasteiger partial charge in [0.15, 0.2) is 0 Å². The van der Waals surface area contributed by atoms with Crippen LogP contribution in [0.15, 0.2) is 12.3 Å². The first-order valence-electron chi connectivity index (χ1n) is 10.6. The smallest absolute Gasteiger partial charge is 0.255 e. The van der Waals surface area contributed by atoms with Crippen LogP contribution < -0.4 is 5.32 Å². The van der Waals surface area contributed by atoms with E-state index in [-0.39, 0.29) is 5.91 Å². The quantitative estimate of drug-likeness (QED) is 0.785. The van der Waals surface area contributed by atoms with Crippen LogP contribution in [0.5, 0.6) is 0 Å². The monoisotopic (exact) mass is 407 g/mol.